The molecule has 0 amide bonds. The van der Waals surface area contributed by atoms with Gasteiger partial charge in [0, 0.05) is 16.4 Å². The minimum Gasteiger partial charge on any atom is -0.343 e. The van der Waals surface area contributed by atoms with E-state index < -0.39 is 8.03 Å². The number of benzene rings is 2. The number of hydrogen-bond donors (Lipinski definition) is 1. The fourth-order valence-corrected chi connectivity index (χ4v) is 2.51. The number of rotatable bonds is 3. The van der Waals surface area contributed by atoms with E-state index in [2.05, 4.69) is 0 Å². The average Bonchev–Trinajstić information content (AvgIpc) is 2.38. The van der Waals surface area contributed by atoms with Gasteiger partial charge < -0.3 is 4.89 Å². The standard InChI is InChI=1S/C14H13O3P/c1-10-6-2-3-7-11(10)14(15)12-8-4-5-9-13(12)18(16)17/h2-9,18H,1H3,(H,16,17). The van der Waals surface area contributed by atoms with Crippen LogP contribution in [0.15, 0.2) is 48.5 Å². The molecule has 2 aromatic rings. The van der Waals surface area contributed by atoms with Crippen LogP contribution in [-0.2, 0) is 4.57 Å². The first-order valence-corrected chi connectivity index (χ1v) is 6.89. The quantitative estimate of drug-likeness (QED) is 0.680. The van der Waals surface area contributed by atoms with Crippen molar-refractivity contribution in [3.63, 3.8) is 0 Å². The summed E-state index contributed by atoms with van der Waals surface area (Å²) in [6, 6.07) is 13.7. The van der Waals surface area contributed by atoms with E-state index in [1.165, 1.54) is 6.07 Å². The molecule has 0 heterocycles. The van der Waals surface area contributed by atoms with Crippen molar-refractivity contribution in [2.75, 3.05) is 0 Å². The lowest BCUT2D eigenvalue weighted by Gasteiger charge is -2.07. The number of carbonyl (C=O) groups is 1. The van der Waals surface area contributed by atoms with Gasteiger partial charge in [0.2, 0.25) is 8.03 Å². The summed E-state index contributed by atoms with van der Waals surface area (Å²) < 4.78 is 11.3. The van der Waals surface area contributed by atoms with Gasteiger partial charge in [-0.1, -0.05) is 42.5 Å². The number of carbonyl (C=O) groups excluding carboxylic acids is 1. The maximum atomic E-state index is 12.4. The van der Waals surface area contributed by atoms with Crippen molar-refractivity contribution >= 4 is 19.1 Å². The number of hydrogen-bond acceptors (Lipinski definition) is 2. The highest BCUT2D eigenvalue weighted by molar-refractivity contribution is 7.47. The molecular weight excluding hydrogens is 247 g/mol. The van der Waals surface area contributed by atoms with Crippen LogP contribution in [-0.4, -0.2) is 10.7 Å². The first-order valence-electron chi connectivity index (χ1n) is 5.54. The van der Waals surface area contributed by atoms with Gasteiger partial charge in [-0.25, -0.2) is 0 Å². The Morgan fingerprint density at radius 3 is 2.17 bits per heavy atom. The molecule has 0 fully saturated rings. The maximum absolute atomic E-state index is 12.4. The Hall–Kier alpha value is -1.70. The molecule has 1 unspecified atom stereocenters. The van der Waals surface area contributed by atoms with Crippen LogP contribution >= 0.6 is 8.03 Å². The van der Waals surface area contributed by atoms with Crippen molar-refractivity contribution in [1.29, 1.82) is 0 Å². The van der Waals surface area contributed by atoms with Gasteiger partial charge in [-0.15, -0.1) is 0 Å². The van der Waals surface area contributed by atoms with Gasteiger partial charge in [0.05, 0.1) is 0 Å². The van der Waals surface area contributed by atoms with Crippen molar-refractivity contribution in [2.24, 2.45) is 0 Å². The first-order chi connectivity index (χ1) is 8.61. The van der Waals surface area contributed by atoms with Crippen LogP contribution in [0.3, 0.4) is 0 Å². The fraction of sp³-hybridized carbons (Fsp3) is 0.0714. The number of ketones is 1. The molecule has 0 spiro atoms. The minimum atomic E-state index is -2.88. The molecule has 4 heteroatoms. The third-order valence-corrected chi connectivity index (χ3v) is 3.69. The maximum Gasteiger partial charge on any atom is 0.218 e. The second-order valence-corrected chi connectivity index (χ2v) is 5.14. The van der Waals surface area contributed by atoms with Crippen LogP contribution in [0.25, 0.3) is 0 Å². The van der Waals surface area contributed by atoms with E-state index in [1.54, 1.807) is 30.3 Å². The van der Waals surface area contributed by atoms with Crippen molar-refractivity contribution < 1.29 is 14.3 Å². The molecule has 1 atom stereocenters. The molecular formula is C14H13O3P. The monoisotopic (exact) mass is 260 g/mol. The lowest BCUT2D eigenvalue weighted by atomic mass is 9.99. The Balaban J connectivity index is 2.54. The normalized spacial score (nSPS) is 12.1. The molecule has 0 aliphatic rings. The Morgan fingerprint density at radius 1 is 1.00 bits per heavy atom. The SMILES string of the molecule is Cc1ccccc1C(=O)c1ccccc1[PH](=O)O. The molecule has 2 rings (SSSR count). The van der Waals surface area contributed by atoms with E-state index in [0.717, 1.165) is 5.56 Å². The van der Waals surface area contributed by atoms with Gasteiger partial charge in [-0.2, -0.15) is 0 Å². The Kier molecular flexibility index (Phi) is 3.75. The van der Waals surface area contributed by atoms with E-state index in [9.17, 15) is 14.3 Å². The van der Waals surface area contributed by atoms with Gasteiger partial charge in [0.25, 0.3) is 0 Å². The third kappa shape index (κ3) is 2.42. The number of aryl methyl sites for hydroxylation is 1. The van der Waals surface area contributed by atoms with Crippen LogP contribution in [0.4, 0.5) is 0 Å². The predicted molar refractivity (Wildman–Crippen MR) is 71.9 cm³/mol. The summed E-state index contributed by atoms with van der Waals surface area (Å²) in [7, 11) is -2.88. The van der Waals surface area contributed by atoms with Crippen LogP contribution in [0.2, 0.25) is 0 Å². The second kappa shape index (κ2) is 5.30. The highest BCUT2D eigenvalue weighted by atomic mass is 31.1. The van der Waals surface area contributed by atoms with Gasteiger partial charge >= 0.3 is 0 Å². The van der Waals surface area contributed by atoms with E-state index in [4.69, 9.17) is 0 Å². The Morgan fingerprint density at radius 2 is 1.56 bits per heavy atom. The van der Waals surface area contributed by atoms with Crippen molar-refractivity contribution in [2.45, 2.75) is 6.92 Å². The minimum absolute atomic E-state index is 0.212. The van der Waals surface area contributed by atoms with Gasteiger partial charge in [0.15, 0.2) is 5.78 Å². The predicted octanol–water partition coefficient (Wildman–Crippen LogP) is 2.32. The molecule has 0 aliphatic carbocycles. The molecule has 18 heavy (non-hydrogen) atoms. The topological polar surface area (TPSA) is 54.4 Å². The summed E-state index contributed by atoms with van der Waals surface area (Å²) in [6.07, 6.45) is 0. The Labute approximate surface area is 106 Å². The highest BCUT2D eigenvalue weighted by Gasteiger charge is 2.16. The molecule has 0 aromatic heterocycles. The molecule has 3 nitrogen and oxygen atoms in total. The summed E-state index contributed by atoms with van der Waals surface area (Å²) >= 11 is 0. The van der Waals surface area contributed by atoms with Crippen molar-refractivity contribution in [3.8, 4) is 0 Å². The molecule has 92 valence electrons. The second-order valence-electron chi connectivity index (χ2n) is 3.99. The highest BCUT2D eigenvalue weighted by Crippen LogP contribution is 2.20. The molecule has 1 N–H and O–H groups in total. The van der Waals surface area contributed by atoms with Crippen LogP contribution in [0.1, 0.15) is 21.5 Å². The Bertz CT molecular complexity index is 620. The molecule has 0 bridgehead atoms. The third-order valence-electron chi connectivity index (χ3n) is 2.79. The zero-order valence-electron chi connectivity index (χ0n) is 9.88. The van der Waals surface area contributed by atoms with Gasteiger partial charge in [-0.3, -0.25) is 9.36 Å². The molecule has 2 aromatic carbocycles. The summed E-state index contributed by atoms with van der Waals surface area (Å²) in [6.45, 7) is 1.85. The van der Waals surface area contributed by atoms with E-state index in [1.807, 2.05) is 19.1 Å². The molecule has 0 radical (unpaired) electrons. The molecule has 0 saturated carbocycles. The zero-order valence-corrected chi connectivity index (χ0v) is 10.9. The van der Waals surface area contributed by atoms with Gasteiger partial charge in [-0.05, 0) is 18.6 Å². The average molecular weight is 260 g/mol. The largest absolute Gasteiger partial charge is 0.343 e. The van der Waals surface area contributed by atoms with E-state index in [0.29, 0.717) is 11.1 Å². The fourth-order valence-electron chi connectivity index (χ4n) is 1.84. The van der Waals surface area contributed by atoms with E-state index >= 15 is 0 Å². The first kappa shape index (κ1) is 12.7. The summed E-state index contributed by atoms with van der Waals surface area (Å²) in [5.74, 6) is -0.212. The molecule has 0 aliphatic heterocycles. The zero-order chi connectivity index (χ0) is 13.1. The van der Waals surface area contributed by atoms with Crippen molar-refractivity contribution in [3.05, 3.63) is 65.2 Å². The summed E-state index contributed by atoms with van der Waals surface area (Å²) in [4.78, 5) is 21.6. The summed E-state index contributed by atoms with van der Waals surface area (Å²) in [5, 5.41) is 0.218. The van der Waals surface area contributed by atoms with Crippen molar-refractivity contribution in [1.82, 2.24) is 0 Å². The lowest BCUT2D eigenvalue weighted by Crippen LogP contribution is -2.13. The van der Waals surface area contributed by atoms with Crippen LogP contribution in [0, 0.1) is 6.92 Å². The smallest absolute Gasteiger partial charge is 0.218 e. The summed E-state index contributed by atoms with van der Waals surface area (Å²) in [5.41, 5.74) is 1.72. The van der Waals surface area contributed by atoms with Gasteiger partial charge in [0.1, 0.15) is 0 Å². The van der Waals surface area contributed by atoms with E-state index in [-0.39, 0.29) is 11.1 Å². The lowest BCUT2D eigenvalue weighted by molar-refractivity contribution is 0.103. The van der Waals surface area contributed by atoms with Crippen LogP contribution < -0.4 is 5.30 Å². The molecule has 0 saturated heterocycles. The van der Waals surface area contributed by atoms with Crippen LogP contribution in [0.5, 0.6) is 0 Å².